The van der Waals surface area contributed by atoms with Crippen molar-refractivity contribution in [2.75, 3.05) is 13.2 Å². The molecule has 0 saturated heterocycles. The lowest BCUT2D eigenvalue weighted by Crippen LogP contribution is -2.14. The van der Waals surface area contributed by atoms with Gasteiger partial charge in [-0.1, -0.05) is 45.2 Å². The van der Waals surface area contributed by atoms with Crippen LogP contribution in [0.5, 0.6) is 5.75 Å². The zero-order chi connectivity index (χ0) is 15.2. The first-order valence-corrected chi connectivity index (χ1v) is 7.48. The van der Waals surface area contributed by atoms with Gasteiger partial charge in [0, 0.05) is 4.47 Å². The molecule has 110 valence electrons. The summed E-state index contributed by atoms with van der Waals surface area (Å²) in [5.74, 6) is 0.0414. The second-order valence-electron chi connectivity index (χ2n) is 3.91. The summed E-state index contributed by atoms with van der Waals surface area (Å²) in [5.41, 5.74) is -0.00776. The highest BCUT2D eigenvalue weighted by Gasteiger charge is 2.14. The number of esters is 1. The zero-order valence-corrected chi connectivity index (χ0v) is 13.8. The summed E-state index contributed by atoms with van der Waals surface area (Å²) in [6.45, 7) is 0.302. The largest absolute Gasteiger partial charge is 0.490 e. The molecule has 0 spiro atoms. The van der Waals surface area contributed by atoms with Crippen LogP contribution in [0.1, 0.15) is 10.5 Å². The lowest BCUT2D eigenvalue weighted by molar-refractivity contribution is 0.0444. The van der Waals surface area contributed by atoms with Crippen molar-refractivity contribution in [2.45, 2.75) is 0 Å². The number of hydrogen-bond acceptors (Lipinski definition) is 4. The summed E-state index contributed by atoms with van der Waals surface area (Å²) in [6, 6.07) is 10.3. The molecule has 0 atom stereocenters. The van der Waals surface area contributed by atoms with E-state index >= 15 is 0 Å². The van der Waals surface area contributed by atoms with Crippen molar-refractivity contribution in [1.82, 2.24) is 4.98 Å². The lowest BCUT2D eigenvalue weighted by Gasteiger charge is -2.08. The summed E-state index contributed by atoms with van der Waals surface area (Å²) in [7, 11) is 0. The van der Waals surface area contributed by atoms with Crippen LogP contribution in [0.3, 0.4) is 0 Å². The summed E-state index contributed by atoms with van der Waals surface area (Å²) >= 11 is 14.9. The fourth-order valence-electron chi connectivity index (χ4n) is 1.48. The van der Waals surface area contributed by atoms with Crippen molar-refractivity contribution in [3.63, 3.8) is 0 Å². The summed E-state index contributed by atoms with van der Waals surface area (Å²) in [4.78, 5) is 15.6. The first-order valence-electron chi connectivity index (χ1n) is 5.94. The van der Waals surface area contributed by atoms with E-state index in [1.165, 1.54) is 12.1 Å². The Balaban J connectivity index is 1.83. The molecule has 0 aliphatic carbocycles. The van der Waals surface area contributed by atoms with Crippen molar-refractivity contribution in [3.8, 4) is 5.75 Å². The van der Waals surface area contributed by atoms with Gasteiger partial charge in [0.05, 0.1) is 5.02 Å². The topological polar surface area (TPSA) is 48.4 Å². The van der Waals surface area contributed by atoms with E-state index in [1.54, 1.807) is 0 Å². The molecule has 0 saturated carbocycles. The number of halogens is 3. The second-order valence-corrected chi connectivity index (χ2v) is 5.62. The molecule has 0 bridgehead atoms. The predicted molar refractivity (Wildman–Crippen MR) is 84.2 cm³/mol. The minimum absolute atomic E-state index is 0.00776. The SMILES string of the molecule is O=C(OCCOc1cccc(Br)c1)c1nc(Cl)ccc1Cl. The number of aromatic nitrogens is 1. The number of hydrogen-bond donors (Lipinski definition) is 0. The number of benzene rings is 1. The van der Waals surface area contributed by atoms with E-state index in [-0.39, 0.29) is 29.1 Å². The average molecular weight is 391 g/mol. The number of carbonyl (C=O) groups is 1. The monoisotopic (exact) mass is 389 g/mol. The Kier molecular flexibility index (Phi) is 5.85. The quantitative estimate of drug-likeness (QED) is 0.431. The third kappa shape index (κ3) is 4.88. The molecule has 1 aromatic carbocycles. The van der Waals surface area contributed by atoms with Crippen LogP contribution in [-0.4, -0.2) is 24.2 Å². The van der Waals surface area contributed by atoms with Crippen LogP contribution in [0.4, 0.5) is 0 Å². The first-order chi connectivity index (χ1) is 10.1. The molecule has 4 nitrogen and oxygen atoms in total. The van der Waals surface area contributed by atoms with Gasteiger partial charge < -0.3 is 9.47 Å². The molecular weight excluding hydrogens is 381 g/mol. The minimum atomic E-state index is -0.639. The Morgan fingerprint density at radius 2 is 2.00 bits per heavy atom. The Labute approximate surface area is 140 Å². The summed E-state index contributed by atoms with van der Waals surface area (Å²) < 4.78 is 11.4. The molecule has 0 N–H and O–H groups in total. The van der Waals surface area contributed by atoms with Crippen molar-refractivity contribution in [1.29, 1.82) is 0 Å². The Bertz CT molecular complexity index is 652. The molecule has 21 heavy (non-hydrogen) atoms. The van der Waals surface area contributed by atoms with Crippen molar-refractivity contribution >= 4 is 45.1 Å². The number of carbonyl (C=O) groups excluding carboxylic acids is 1. The maximum absolute atomic E-state index is 11.8. The molecule has 1 heterocycles. The predicted octanol–water partition coefficient (Wildman–Crippen LogP) is 4.39. The fraction of sp³-hybridized carbons (Fsp3) is 0.143. The van der Waals surface area contributed by atoms with Crippen LogP contribution in [0.15, 0.2) is 40.9 Å². The smallest absolute Gasteiger partial charge is 0.358 e. The minimum Gasteiger partial charge on any atom is -0.490 e. The van der Waals surface area contributed by atoms with Crippen LogP contribution in [-0.2, 0) is 4.74 Å². The van der Waals surface area contributed by atoms with Crippen LogP contribution in [0.25, 0.3) is 0 Å². The molecular formula is C14H10BrCl2NO3. The van der Waals surface area contributed by atoms with Crippen LogP contribution >= 0.6 is 39.1 Å². The Hall–Kier alpha value is -1.30. The van der Waals surface area contributed by atoms with Gasteiger partial charge in [0.25, 0.3) is 0 Å². The van der Waals surface area contributed by atoms with Crippen molar-refractivity contribution in [2.24, 2.45) is 0 Å². The summed E-state index contributed by atoms with van der Waals surface area (Å²) in [6.07, 6.45) is 0. The maximum Gasteiger partial charge on any atom is 0.358 e. The second kappa shape index (κ2) is 7.64. The third-order valence-corrected chi connectivity index (χ3v) is 3.40. The van der Waals surface area contributed by atoms with Crippen LogP contribution in [0, 0.1) is 0 Å². The van der Waals surface area contributed by atoms with E-state index in [9.17, 15) is 4.79 Å². The third-order valence-electron chi connectivity index (χ3n) is 2.39. The number of nitrogens with zero attached hydrogens (tertiary/aromatic N) is 1. The van der Waals surface area contributed by atoms with Gasteiger partial charge in [-0.3, -0.25) is 0 Å². The zero-order valence-electron chi connectivity index (χ0n) is 10.7. The van der Waals surface area contributed by atoms with E-state index in [1.807, 2.05) is 24.3 Å². The van der Waals surface area contributed by atoms with E-state index in [2.05, 4.69) is 20.9 Å². The molecule has 1 aromatic heterocycles. The molecule has 0 fully saturated rings. The molecule has 2 rings (SSSR count). The Morgan fingerprint density at radius 3 is 2.76 bits per heavy atom. The van der Waals surface area contributed by atoms with E-state index in [0.717, 1.165) is 4.47 Å². The van der Waals surface area contributed by atoms with Gasteiger partial charge in [-0.25, -0.2) is 9.78 Å². The highest BCUT2D eigenvalue weighted by molar-refractivity contribution is 9.10. The highest BCUT2D eigenvalue weighted by atomic mass is 79.9. The number of ether oxygens (including phenoxy) is 2. The Morgan fingerprint density at radius 1 is 1.19 bits per heavy atom. The van der Waals surface area contributed by atoms with Gasteiger partial charge >= 0.3 is 5.97 Å². The van der Waals surface area contributed by atoms with E-state index < -0.39 is 5.97 Å². The van der Waals surface area contributed by atoms with Gasteiger partial charge in [-0.15, -0.1) is 0 Å². The molecule has 0 amide bonds. The first kappa shape index (κ1) is 16.1. The molecule has 7 heteroatoms. The van der Waals surface area contributed by atoms with E-state index in [0.29, 0.717) is 5.75 Å². The van der Waals surface area contributed by atoms with Gasteiger partial charge in [0.1, 0.15) is 24.1 Å². The lowest BCUT2D eigenvalue weighted by atomic mass is 10.3. The summed E-state index contributed by atoms with van der Waals surface area (Å²) in [5, 5.41) is 0.369. The molecule has 0 aliphatic rings. The van der Waals surface area contributed by atoms with Gasteiger partial charge in [-0.2, -0.15) is 0 Å². The van der Waals surface area contributed by atoms with Gasteiger partial charge in [0.2, 0.25) is 0 Å². The standard InChI is InChI=1S/C14H10BrCl2NO3/c15-9-2-1-3-10(8-9)20-6-7-21-14(19)13-11(16)4-5-12(17)18-13/h1-5,8H,6-7H2. The molecule has 0 radical (unpaired) electrons. The fourth-order valence-corrected chi connectivity index (χ4v) is 2.19. The highest BCUT2D eigenvalue weighted by Crippen LogP contribution is 2.19. The van der Waals surface area contributed by atoms with Crippen molar-refractivity contribution < 1.29 is 14.3 Å². The normalized spacial score (nSPS) is 10.2. The van der Waals surface area contributed by atoms with Gasteiger partial charge in [0.15, 0.2) is 5.69 Å². The molecule has 0 aliphatic heterocycles. The van der Waals surface area contributed by atoms with Crippen LogP contribution < -0.4 is 4.74 Å². The van der Waals surface area contributed by atoms with Crippen LogP contribution in [0.2, 0.25) is 10.2 Å². The maximum atomic E-state index is 11.8. The van der Waals surface area contributed by atoms with E-state index in [4.69, 9.17) is 32.7 Å². The van der Waals surface area contributed by atoms with Crippen molar-refractivity contribution in [3.05, 3.63) is 56.7 Å². The van der Waals surface area contributed by atoms with Gasteiger partial charge in [-0.05, 0) is 30.3 Å². The molecule has 0 unspecified atom stereocenters. The number of pyridine rings is 1. The molecule has 2 aromatic rings. The average Bonchev–Trinajstić information content (AvgIpc) is 2.46. The number of rotatable bonds is 5.